The molecule has 1 aliphatic heterocycles. The van der Waals surface area contributed by atoms with Gasteiger partial charge in [0.1, 0.15) is 11.5 Å². The van der Waals surface area contributed by atoms with Crippen molar-refractivity contribution >= 4 is 17.5 Å². The van der Waals surface area contributed by atoms with E-state index < -0.39 is 0 Å². The van der Waals surface area contributed by atoms with Crippen molar-refractivity contribution in [2.75, 3.05) is 25.6 Å². The van der Waals surface area contributed by atoms with Gasteiger partial charge in [-0.25, -0.2) is 0 Å². The number of phenolic OH excluding ortho intramolecular Hbond substituents is 2. The summed E-state index contributed by atoms with van der Waals surface area (Å²) in [6, 6.07) is 4.00. The zero-order valence-electron chi connectivity index (χ0n) is 11.1. The predicted molar refractivity (Wildman–Crippen MR) is 75.4 cm³/mol. The van der Waals surface area contributed by atoms with E-state index in [1.54, 1.807) is 4.90 Å². The van der Waals surface area contributed by atoms with Crippen LogP contribution in [0, 0.1) is 0 Å². The molecule has 1 aromatic carbocycles. The lowest BCUT2D eigenvalue weighted by atomic mass is 10.1. The van der Waals surface area contributed by atoms with Gasteiger partial charge < -0.3 is 19.8 Å². The second kappa shape index (κ2) is 6.81. The van der Waals surface area contributed by atoms with Crippen LogP contribution in [0.15, 0.2) is 18.2 Å². The van der Waals surface area contributed by atoms with Crippen molar-refractivity contribution in [2.45, 2.75) is 18.9 Å². The van der Waals surface area contributed by atoms with Crippen LogP contribution in [0.25, 0.3) is 0 Å². The molecule has 1 amide bonds. The molecule has 0 unspecified atom stereocenters. The van der Waals surface area contributed by atoms with Crippen LogP contribution in [-0.4, -0.2) is 52.7 Å². The summed E-state index contributed by atoms with van der Waals surface area (Å²) in [5.41, 5.74) is 0.211. The van der Waals surface area contributed by atoms with E-state index in [-0.39, 0.29) is 29.1 Å². The SMILES string of the molecule is O=C(c1ccc(O)cc1O)N1CCC(OCCCl)CC1. The molecule has 0 aromatic heterocycles. The number of hydrogen-bond donors (Lipinski definition) is 2. The fourth-order valence-electron chi connectivity index (χ4n) is 2.31. The van der Waals surface area contributed by atoms with Gasteiger partial charge in [0.25, 0.3) is 5.91 Å². The number of hydrogen-bond acceptors (Lipinski definition) is 4. The van der Waals surface area contributed by atoms with E-state index >= 15 is 0 Å². The highest BCUT2D eigenvalue weighted by atomic mass is 35.5. The average molecular weight is 300 g/mol. The Morgan fingerprint density at radius 2 is 2.05 bits per heavy atom. The van der Waals surface area contributed by atoms with E-state index in [1.807, 2.05) is 0 Å². The maximum Gasteiger partial charge on any atom is 0.257 e. The van der Waals surface area contributed by atoms with Gasteiger partial charge in [0.15, 0.2) is 0 Å². The highest BCUT2D eigenvalue weighted by Gasteiger charge is 2.25. The fraction of sp³-hybridized carbons (Fsp3) is 0.500. The molecule has 2 rings (SSSR count). The zero-order chi connectivity index (χ0) is 14.5. The van der Waals surface area contributed by atoms with Gasteiger partial charge in [-0.3, -0.25) is 4.79 Å². The van der Waals surface area contributed by atoms with Gasteiger partial charge in [0.2, 0.25) is 0 Å². The van der Waals surface area contributed by atoms with Crippen molar-refractivity contribution in [1.29, 1.82) is 0 Å². The second-order valence-corrected chi connectivity index (χ2v) is 5.13. The Morgan fingerprint density at radius 1 is 1.35 bits per heavy atom. The van der Waals surface area contributed by atoms with Gasteiger partial charge in [0, 0.05) is 25.0 Å². The summed E-state index contributed by atoms with van der Waals surface area (Å²) in [5, 5.41) is 18.9. The maximum absolute atomic E-state index is 12.3. The number of rotatable bonds is 4. The van der Waals surface area contributed by atoms with E-state index in [2.05, 4.69) is 0 Å². The first-order chi connectivity index (χ1) is 9.61. The molecule has 20 heavy (non-hydrogen) atoms. The molecule has 2 N–H and O–H groups in total. The van der Waals surface area contributed by atoms with E-state index in [0.717, 1.165) is 12.8 Å². The number of halogens is 1. The highest BCUT2D eigenvalue weighted by molar-refractivity contribution is 6.17. The summed E-state index contributed by atoms with van der Waals surface area (Å²) in [4.78, 5) is 14.0. The predicted octanol–water partition coefficient (Wildman–Crippen LogP) is 1.96. The number of nitrogens with zero attached hydrogens (tertiary/aromatic N) is 1. The van der Waals surface area contributed by atoms with Gasteiger partial charge >= 0.3 is 0 Å². The van der Waals surface area contributed by atoms with Crippen molar-refractivity contribution in [3.63, 3.8) is 0 Å². The fourth-order valence-corrected chi connectivity index (χ4v) is 2.40. The largest absolute Gasteiger partial charge is 0.508 e. The minimum Gasteiger partial charge on any atom is -0.508 e. The van der Waals surface area contributed by atoms with E-state index in [9.17, 15) is 15.0 Å². The number of carbonyl (C=O) groups is 1. The van der Waals surface area contributed by atoms with Gasteiger partial charge in [0.05, 0.1) is 18.3 Å². The molecule has 0 radical (unpaired) electrons. The number of aromatic hydroxyl groups is 2. The highest BCUT2D eigenvalue weighted by Crippen LogP contribution is 2.25. The minimum atomic E-state index is -0.224. The Bertz CT molecular complexity index is 472. The molecule has 0 aliphatic carbocycles. The topological polar surface area (TPSA) is 70.0 Å². The van der Waals surface area contributed by atoms with Crippen molar-refractivity contribution < 1.29 is 19.7 Å². The van der Waals surface area contributed by atoms with Gasteiger partial charge in [-0.05, 0) is 25.0 Å². The van der Waals surface area contributed by atoms with Crippen LogP contribution in [-0.2, 0) is 4.74 Å². The first-order valence-corrected chi connectivity index (χ1v) is 7.14. The third-order valence-corrected chi connectivity index (χ3v) is 3.53. The lowest BCUT2D eigenvalue weighted by Gasteiger charge is -2.32. The molecule has 0 saturated carbocycles. The quantitative estimate of drug-likeness (QED) is 0.834. The summed E-state index contributed by atoms with van der Waals surface area (Å²) >= 11 is 5.57. The molecule has 1 saturated heterocycles. The van der Waals surface area contributed by atoms with Gasteiger partial charge in [-0.1, -0.05) is 0 Å². The number of carbonyl (C=O) groups excluding carboxylic acids is 1. The molecular weight excluding hydrogens is 282 g/mol. The van der Waals surface area contributed by atoms with Crippen LogP contribution in [0.1, 0.15) is 23.2 Å². The number of phenols is 2. The molecule has 6 heteroatoms. The van der Waals surface area contributed by atoms with Crippen LogP contribution < -0.4 is 0 Å². The third kappa shape index (κ3) is 3.55. The summed E-state index contributed by atoms with van der Waals surface area (Å²) in [7, 11) is 0. The number of amides is 1. The standard InChI is InChI=1S/C14H18ClNO4/c15-5-8-20-11-3-6-16(7-4-11)14(19)12-2-1-10(17)9-13(12)18/h1-2,9,11,17-18H,3-8H2. The van der Waals surface area contributed by atoms with Gasteiger partial charge in [-0.2, -0.15) is 0 Å². The summed E-state index contributed by atoms with van der Waals surface area (Å²) in [6.07, 6.45) is 1.68. The summed E-state index contributed by atoms with van der Waals surface area (Å²) in [6.45, 7) is 1.71. The van der Waals surface area contributed by atoms with Crippen LogP contribution in [0.5, 0.6) is 11.5 Å². The molecule has 110 valence electrons. The first kappa shape index (κ1) is 14.9. The molecule has 1 fully saturated rings. The monoisotopic (exact) mass is 299 g/mol. The minimum absolute atomic E-state index is 0.0627. The van der Waals surface area contributed by atoms with Crippen LogP contribution >= 0.6 is 11.6 Å². The van der Waals surface area contributed by atoms with Crippen LogP contribution in [0.2, 0.25) is 0 Å². The van der Waals surface area contributed by atoms with Crippen LogP contribution in [0.4, 0.5) is 0 Å². The van der Waals surface area contributed by atoms with Crippen molar-refractivity contribution in [3.8, 4) is 11.5 Å². The number of benzene rings is 1. The van der Waals surface area contributed by atoms with E-state index in [1.165, 1.54) is 18.2 Å². The van der Waals surface area contributed by atoms with E-state index in [4.69, 9.17) is 16.3 Å². The molecule has 5 nitrogen and oxygen atoms in total. The van der Waals surface area contributed by atoms with Crippen molar-refractivity contribution in [3.05, 3.63) is 23.8 Å². The Labute approximate surface area is 122 Å². The first-order valence-electron chi connectivity index (χ1n) is 6.60. The van der Waals surface area contributed by atoms with Crippen LogP contribution in [0.3, 0.4) is 0 Å². The number of alkyl halides is 1. The summed E-state index contributed by atoms with van der Waals surface area (Å²) < 4.78 is 5.55. The third-order valence-electron chi connectivity index (χ3n) is 3.37. The lowest BCUT2D eigenvalue weighted by Crippen LogP contribution is -2.41. The Morgan fingerprint density at radius 3 is 2.65 bits per heavy atom. The van der Waals surface area contributed by atoms with Crippen molar-refractivity contribution in [1.82, 2.24) is 4.90 Å². The molecule has 0 spiro atoms. The number of ether oxygens (including phenoxy) is 1. The Balaban J connectivity index is 1.94. The molecule has 1 aliphatic rings. The Hall–Kier alpha value is -1.46. The molecule has 0 bridgehead atoms. The average Bonchev–Trinajstić information content (AvgIpc) is 2.45. The molecular formula is C14H18ClNO4. The summed E-state index contributed by atoms with van der Waals surface area (Å²) in [5.74, 6) is -0.0124. The molecule has 0 atom stereocenters. The second-order valence-electron chi connectivity index (χ2n) is 4.75. The smallest absolute Gasteiger partial charge is 0.257 e. The maximum atomic E-state index is 12.3. The normalized spacial score (nSPS) is 16.4. The van der Waals surface area contributed by atoms with Gasteiger partial charge in [-0.15, -0.1) is 11.6 Å². The van der Waals surface area contributed by atoms with Crippen molar-refractivity contribution in [2.24, 2.45) is 0 Å². The number of likely N-dealkylation sites (tertiary alicyclic amines) is 1. The molecule has 1 heterocycles. The molecule has 1 aromatic rings. The lowest BCUT2D eigenvalue weighted by molar-refractivity contribution is 0.0153. The Kier molecular flexibility index (Phi) is 5.09. The number of piperidine rings is 1. The van der Waals surface area contributed by atoms with E-state index in [0.29, 0.717) is 25.6 Å². The zero-order valence-corrected chi connectivity index (χ0v) is 11.8.